The summed E-state index contributed by atoms with van der Waals surface area (Å²) >= 11 is 9.69. The third kappa shape index (κ3) is 4.07. The zero-order chi connectivity index (χ0) is 14.7. The average molecular weight is 372 g/mol. The SMILES string of the molecule is CC(C)COc1ccc(Br)cc1/C=C1\SC(=S)NC1=O. The first-order valence-corrected chi connectivity index (χ1v) is 8.14. The van der Waals surface area contributed by atoms with E-state index in [2.05, 4.69) is 35.1 Å². The van der Waals surface area contributed by atoms with Crippen molar-refractivity contribution >= 4 is 56.2 Å². The van der Waals surface area contributed by atoms with Gasteiger partial charge in [-0.3, -0.25) is 4.79 Å². The molecule has 1 N–H and O–H groups in total. The molecule has 1 fully saturated rings. The third-order valence-corrected chi connectivity index (χ3v) is 4.13. The number of hydrogen-bond donors (Lipinski definition) is 1. The normalized spacial score (nSPS) is 16.9. The molecule has 6 heteroatoms. The van der Waals surface area contributed by atoms with E-state index in [0.29, 0.717) is 21.8 Å². The van der Waals surface area contributed by atoms with Crippen LogP contribution in [0.1, 0.15) is 19.4 Å². The van der Waals surface area contributed by atoms with E-state index < -0.39 is 0 Å². The molecule has 20 heavy (non-hydrogen) atoms. The summed E-state index contributed by atoms with van der Waals surface area (Å²) in [4.78, 5) is 12.3. The van der Waals surface area contributed by atoms with Crippen LogP contribution < -0.4 is 10.1 Å². The highest BCUT2D eigenvalue weighted by Gasteiger charge is 2.22. The Bertz CT molecular complexity index is 585. The second-order valence-electron chi connectivity index (χ2n) is 4.74. The van der Waals surface area contributed by atoms with Crippen molar-refractivity contribution in [3.8, 4) is 5.75 Å². The van der Waals surface area contributed by atoms with E-state index in [0.717, 1.165) is 15.8 Å². The molecule has 0 bridgehead atoms. The summed E-state index contributed by atoms with van der Waals surface area (Å²) in [6.45, 7) is 4.82. The molecule has 1 aliphatic rings. The van der Waals surface area contributed by atoms with E-state index in [-0.39, 0.29) is 5.91 Å². The Labute approximate surface area is 136 Å². The van der Waals surface area contributed by atoms with Crippen molar-refractivity contribution in [1.82, 2.24) is 5.32 Å². The Kier molecular flexibility index (Phi) is 5.23. The van der Waals surface area contributed by atoms with Gasteiger partial charge in [-0.2, -0.15) is 0 Å². The van der Waals surface area contributed by atoms with Gasteiger partial charge in [-0.05, 0) is 30.2 Å². The Hall–Kier alpha value is -0.850. The molecule has 1 amide bonds. The molecule has 1 aliphatic heterocycles. The molecule has 106 valence electrons. The highest BCUT2D eigenvalue weighted by molar-refractivity contribution is 9.10. The average Bonchev–Trinajstić information content (AvgIpc) is 2.66. The minimum atomic E-state index is -0.158. The van der Waals surface area contributed by atoms with Gasteiger partial charge in [-0.15, -0.1) is 0 Å². The van der Waals surface area contributed by atoms with E-state index >= 15 is 0 Å². The number of amides is 1. The standard InChI is InChI=1S/C14H14BrNO2S2/c1-8(2)7-18-11-4-3-10(15)5-9(11)6-12-13(17)16-14(19)20-12/h3-6,8H,7H2,1-2H3,(H,16,17,19)/b12-6-. The topological polar surface area (TPSA) is 38.3 Å². The molecule has 0 saturated carbocycles. The largest absolute Gasteiger partial charge is 0.493 e. The van der Waals surface area contributed by atoms with Gasteiger partial charge in [0.25, 0.3) is 5.91 Å². The van der Waals surface area contributed by atoms with Gasteiger partial charge in [0.1, 0.15) is 10.1 Å². The summed E-state index contributed by atoms with van der Waals surface area (Å²) < 4.78 is 7.21. The van der Waals surface area contributed by atoms with Crippen LogP contribution in [0, 0.1) is 5.92 Å². The lowest BCUT2D eigenvalue weighted by molar-refractivity contribution is -0.115. The number of carbonyl (C=O) groups is 1. The minimum Gasteiger partial charge on any atom is -0.493 e. The number of thiocarbonyl (C=S) groups is 1. The van der Waals surface area contributed by atoms with E-state index in [1.165, 1.54) is 11.8 Å². The van der Waals surface area contributed by atoms with Crippen LogP contribution in [0.3, 0.4) is 0 Å². The molecule has 0 radical (unpaired) electrons. The number of ether oxygens (including phenoxy) is 1. The van der Waals surface area contributed by atoms with E-state index in [1.807, 2.05) is 18.2 Å². The van der Waals surface area contributed by atoms with Gasteiger partial charge in [0.2, 0.25) is 0 Å². The second-order valence-corrected chi connectivity index (χ2v) is 7.37. The van der Waals surface area contributed by atoms with Crippen molar-refractivity contribution in [2.45, 2.75) is 13.8 Å². The maximum atomic E-state index is 11.7. The van der Waals surface area contributed by atoms with Gasteiger partial charge in [0, 0.05) is 10.0 Å². The predicted octanol–water partition coefficient (Wildman–Crippen LogP) is 3.97. The van der Waals surface area contributed by atoms with Crippen LogP contribution in [-0.4, -0.2) is 16.8 Å². The lowest BCUT2D eigenvalue weighted by atomic mass is 10.1. The Morgan fingerprint density at radius 2 is 2.25 bits per heavy atom. The van der Waals surface area contributed by atoms with Gasteiger partial charge < -0.3 is 10.1 Å². The molecular formula is C14H14BrNO2S2. The summed E-state index contributed by atoms with van der Waals surface area (Å²) in [6.07, 6.45) is 1.81. The molecule has 1 heterocycles. The maximum absolute atomic E-state index is 11.7. The van der Waals surface area contributed by atoms with Crippen LogP contribution in [0.15, 0.2) is 27.6 Å². The molecule has 0 spiro atoms. The lowest BCUT2D eigenvalue weighted by Crippen LogP contribution is -2.17. The molecular weight excluding hydrogens is 358 g/mol. The first kappa shape index (κ1) is 15.5. The predicted molar refractivity (Wildman–Crippen MR) is 90.8 cm³/mol. The van der Waals surface area contributed by atoms with Crippen molar-refractivity contribution in [3.05, 3.63) is 33.1 Å². The number of carbonyl (C=O) groups excluding carboxylic acids is 1. The first-order valence-electron chi connectivity index (χ1n) is 6.13. The van der Waals surface area contributed by atoms with Crippen LogP contribution in [0.25, 0.3) is 6.08 Å². The summed E-state index contributed by atoms with van der Waals surface area (Å²) in [6, 6.07) is 5.75. The number of rotatable bonds is 4. The molecule has 1 saturated heterocycles. The van der Waals surface area contributed by atoms with Gasteiger partial charge in [-0.1, -0.05) is 53.8 Å². The zero-order valence-corrected chi connectivity index (χ0v) is 14.3. The fourth-order valence-corrected chi connectivity index (χ4v) is 3.00. The second kappa shape index (κ2) is 6.74. The van der Waals surface area contributed by atoms with Crippen molar-refractivity contribution < 1.29 is 9.53 Å². The minimum absolute atomic E-state index is 0.158. The number of thioether (sulfide) groups is 1. The highest BCUT2D eigenvalue weighted by Crippen LogP contribution is 2.31. The monoisotopic (exact) mass is 371 g/mol. The van der Waals surface area contributed by atoms with Gasteiger partial charge in [0.15, 0.2) is 0 Å². The Balaban J connectivity index is 2.30. The van der Waals surface area contributed by atoms with Crippen molar-refractivity contribution in [2.24, 2.45) is 5.92 Å². The summed E-state index contributed by atoms with van der Waals surface area (Å²) in [7, 11) is 0. The summed E-state index contributed by atoms with van der Waals surface area (Å²) in [5.41, 5.74) is 0.863. The molecule has 1 aromatic carbocycles. The van der Waals surface area contributed by atoms with Crippen LogP contribution in [-0.2, 0) is 4.79 Å². The van der Waals surface area contributed by atoms with Crippen LogP contribution >= 0.6 is 39.9 Å². The summed E-state index contributed by atoms with van der Waals surface area (Å²) in [5.74, 6) is 1.05. The molecule has 0 unspecified atom stereocenters. The lowest BCUT2D eigenvalue weighted by Gasteiger charge is -2.12. The van der Waals surface area contributed by atoms with Gasteiger partial charge in [-0.25, -0.2) is 0 Å². The van der Waals surface area contributed by atoms with Crippen LogP contribution in [0.5, 0.6) is 5.75 Å². The van der Waals surface area contributed by atoms with E-state index in [9.17, 15) is 4.79 Å². The molecule has 1 aromatic rings. The van der Waals surface area contributed by atoms with Gasteiger partial charge >= 0.3 is 0 Å². The maximum Gasteiger partial charge on any atom is 0.263 e. The molecule has 0 atom stereocenters. The number of halogens is 1. The first-order chi connectivity index (χ1) is 9.45. The number of benzene rings is 1. The highest BCUT2D eigenvalue weighted by atomic mass is 79.9. The molecule has 2 rings (SSSR count). The fourth-order valence-electron chi connectivity index (χ4n) is 1.58. The molecule has 3 nitrogen and oxygen atoms in total. The van der Waals surface area contributed by atoms with Gasteiger partial charge in [0.05, 0.1) is 11.5 Å². The number of nitrogens with one attached hydrogen (secondary N) is 1. The fraction of sp³-hybridized carbons (Fsp3) is 0.286. The van der Waals surface area contributed by atoms with Crippen molar-refractivity contribution in [3.63, 3.8) is 0 Å². The Morgan fingerprint density at radius 3 is 2.85 bits per heavy atom. The zero-order valence-electron chi connectivity index (χ0n) is 11.1. The summed E-state index contributed by atoms with van der Waals surface area (Å²) in [5, 5.41) is 2.61. The number of hydrogen-bond acceptors (Lipinski definition) is 4. The van der Waals surface area contributed by atoms with E-state index in [1.54, 1.807) is 6.08 Å². The van der Waals surface area contributed by atoms with E-state index in [4.69, 9.17) is 17.0 Å². The molecule has 0 aromatic heterocycles. The van der Waals surface area contributed by atoms with Crippen molar-refractivity contribution in [2.75, 3.05) is 6.61 Å². The molecule has 0 aliphatic carbocycles. The quantitative estimate of drug-likeness (QED) is 0.641. The van der Waals surface area contributed by atoms with Crippen LogP contribution in [0.4, 0.5) is 0 Å². The Morgan fingerprint density at radius 1 is 1.50 bits per heavy atom. The third-order valence-electron chi connectivity index (χ3n) is 2.47. The van der Waals surface area contributed by atoms with Crippen molar-refractivity contribution in [1.29, 1.82) is 0 Å². The smallest absolute Gasteiger partial charge is 0.263 e. The van der Waals surface area contributed by atoms with Crippen LogP contribution in [0.2, 0.25) is 0 Å².